The minimum Gasteiger partial charge on any atom is -0.273 e. The van der Waals surface area contributed by atoms with E-state index in [1.807, 2.05) is 11.1 Å². The predicted molar refractivity (Wildman–Crippen MR) is 70.5 cm³/mol. The number of carbonyl (C=O) groups is 1. The van der Waals surface area contributed by atoms with Gasteiger partial charge in [0, 0.05) is 13.1 Å². The van der Waals surface area contributed by atoms with Gasteiger partial charge in [-0.3, -0.25) is 9.80 Å². The maximum Gasteiger partial charge on any atom is 0.242 e. The summed E-state index contributed by atoms with van der Waals surface area (Å²) in [7, 11) is 0. The Morgan fingerprint density at radius 1 is 1.47 bits per heavy atom. The summed E-state index contributed by atoms with van der Waals surface area (Å²) in [5.41, 5.74) is 0.884. The Hall–Kier alpha value is -1.68. The first-order valence-corrected chi connectivity index (χ1v) is 6.65. The lowest BCUT2D eigenvalue weighted by Crippen LogP contribution is -2.34. The summed E-state index contributed by atoms with van der Waals surface area (Å²) < 4.78 is 13.3. The average Bonchev–Trinajstić information content (AvgIpc) is 2.92. The molecule has 1 aromatic rings. The number of hydrogen-bond acceptors (Lipinski definition) is 2. The van der Waals surface area contributed by atoms with Crippen LogP contribution >= 0.6 is 0 Å². The van der Waals surface area contributed by atoms with Gasteiger partial charge < -0.3 is 0 Å². The summed E-state index contributed by atoms with van der Waals surface area (Å²) in [4.78, 5) is 12.4. The van der Waals surface area contributed by atoms with E-state index in [9.17, 15) is 9.18 Å². The Morgan fingerprint density at radius 2 is 2.32 bits per heavy atom. The van der Waals surface area contributed by atoms with Crippen LogP contribution in [0.15, 0.2) is 36.9 Å². The third-order valence-electron chi connectivity index (χ3n) is 3.95. The molecule has 2 unspecified atom stereocenters. The molecule has 4 heteroatoms. The number of nitrogens with zero attached hydrogens (tertiary/aromatic N) is 2. The molecule has 19 heavy (non-hydrogen) atoms. The molecule has 2 heterocycles. The molecule has 0 radical (unpaired) electrons. The number of hydrazine groups is 1. The van der Waals surface area contributed by atoms with Crippen molar-refractivity contribution in [1.82, 2.24) is 10.0 Å². The van der Waals surface area contributed by atoms with Crippen LogP contribution in [0.1, 0.15) is 24.4 Å². The van der Waals surface area contributed by atoms with Crippen molar-refractivity contribution in [2.75, 3.05) is 13.1 Å². The number of hydrogen-bond donors (Lipinski definition) is 0. The van der Waals surface area contributed by atoms with E-state index in [4.69, 9.17) is 0 Å². The molecule has 2 fully saturated rings. The molecule has 0 bridgehead atoms. The van der Waals surface area contributed by atoms with Crippen LogP contribution in [0.3, 0.4) is 0 Å². The maximum absolute atomic E-state index is 13.3. The van der Waals surface area contributed by atoms with Gasteiger partial charge >= 0.3 is 0 Å². The Morgan fingerprint density at radius 3 is 3.05 bits per heavy atom. The standard InChI is InChI=1S/C15H17FN2O/c1-2-4-12-10-17-8-7-14(18(17)15(12)19)11-5-3-6-13(16)9-11/h2-3,5-6,9,12,14H,1,4,7-8,10H2. The van der Waals surface area contributed by atoms with Gasteiger partial charge in [0.1, 0.15) is 5.82 Å². The van der Waals surface area contributed by atoms with Crippen molar-refractivity contribution in [2.45, 2.75) is 18.9 Å². The third-order valence-corrected chi connectivity index (χ3v) is 3.95. The van der Waals surface area contributed by atoms with Gasteiger partial charge in [0.15, 0.2) is 0 Å². The number of carbonyl (C=O) groups excluding carboxylic acids is 1. The quantitative estimate of drug-likeness (QED) is 0.780. The molecule has 2 atom stereocenters. The molecule has 2 saturated heterocycles. The first-order chi connectivity index (χ1) is 9.20. The second-order valence-electron chi connectivity index (χ2n) is 5.18. The highest BCUT2D eigenvalue weighted by Gasteiger charge is 2.45. The average molecular weight is 260 g/mol. The molecule has 0 aliphatic carbocycles. The summed E-state index contributed by atoms with van der Waals surface area (Å²) in [6.45, 7) is 5.32. The van der Waals surface area contributed by atoms with Gasteiger partial charge in [0.25, 0.3) is 0 Å². The molecule has 2 aliphatic rings. The molecule has 1 aromatic carbocycles. The van der Waals surface area contributed by atoms with Crippen molar-refractivity contribution in [3.8, 4) is 0 Å². The second kappa shape index (κ2) is 4.78. The Kier molecular flexibility index (Phi) is 3.11. The fourth-order valence-corrected chi connectivity index (χ4v) is 3.09. The topological polar surface area (TPSA) is 23.6 Å². The summed E-state index contributed by atoms with van der Waals surface area (Å²) in [5.74, 6) is -0.0919. The molecule has 0 N–H and O–H groups in total. The molecular formula is C15H17FN2O. The normalized spacial score (nSPS) is 26.8. The smallest absolute Gasteiger partial charge is 0.242 e. The highest BCUT2D eigenvalue weighted by atomic mass is 19.1. The first-order valence-electron chi connectivity index (χ1n) is 6.65. The van der Waals surface area contributed by atoms with Crippen molar-refractivity contribution in [1.29, 1.82) is 0 Å². The summed E-state index contributed by atoms with van der Waals surface area (Å²) in [6.07, 6.45) is 3.38. The van der Waals surface area contributed by atoms with Crippen LogP contribution in [0.2, 0.25) is 0 Å². The number of benzene rings is 1. The van der Waals surface area contributed by atoms with Crippen LogP contribution in [0.5, 0.6) is 0 Å². The second-order valence-corrected chi connectivity index (χ2v) is 5.18. The predicted octanol–water partition coefficient (Wildman–Crippen LogP) is 2.52. The van der Waals surface area contributed by atoms with Gasteiger partial charge in [-0.15, -0.1) is 6.58 Å². The van der Waals surface area contributed by atoms with Crippen molar-refractivity contribution < 1.29 is 9.18 Å². The van der Waals surface area contributed by atoms with Crippen LogP contribution in [0.25, 0.3) is 0 Å². The minimum atomic E-state index is -0.245. The fraction of sp³-hybridized carbons (Fsp3) is 0.400. The van der Waals surface area contributed by atoms with E-state index in [2.05, 4.69) is 11.6 Å². The maximum atomic E-state index is 13.3. The minimum absolute atomic E-state index is 0.00820. The molecular weight excluding hydrogens is 243 g/mol. The van der Waals surface area contributed by atoms with E-state index in [0.717, 1.165) is 25.1 Å². The monoisotopic (exact) mass is 260 g/mol. The zero-order valence-electron chi connectivity index (χ0n) is 10.8. The van der Waals surface area contributed by atoms with E-state index < -0.39 is 0 Å². The van der Waals surface area contributed by atoms with Crippen molar-refractivity contribution >= 4 is 5.91 Å². The molecule has 100 valence electrons. The lowest BCUT2D eigenvalue weighted by molar-refractivity contribution is -0.139. The van der Waals surface area contributed by atoms with Crippen LogP contribution < -0.4 is 0 Å². The number of rotatable bonds is 3. The zero-order chi connectivity index (χ0) is 13.4. The van der Waals surface area contributed by atoms with E-state index in [1.54, 1.807) is 12.1 Å². The lowest BCUT2D eigenvalue weighted by Gasteiger charge is -2.25. The van der Waals surface area contributed by atoms with Gasteiger partial charge in [-0.2, -0.15) is 0 Å². The van der Waals surface area contributed by atoms with Crippen molar-refractivity contribution in [3.05, 3.63) is 48.3 Å². The van der Waals surface area contributed by atoms with Gasteiger partial charge in [0.2, 0.25) is 5.91 Å². The van der Waals surface area contributed by atoms with E-state index in [-0.39, 0.29) is 23.7 Å². The van der Waals surface area contributed by atoms with Gasteiger partial charge in [0.05, 0.1) is 12.0 Å². The van der Waals surface area contributed by atoms with Crippen LogP contribution in [0.4, 0.5) is 4.39 Å². The van der Waals surface area contributed by atoms with E-state index >= 15 is 0 Å². The molecule has 0 spiro atoms. The first kappa shape index (κ1) is 12.4. The van der Waals surface area contributed by atoms with Gasteiger partial charge in [-0.1, -0.05) is 18.2 Å². The largest absolute Gasteiger partial charge is 0.273 e. The SMILES string of the molecule is C=CCC1CN2CCC(c3cccc(F)c3)N2C1=O. The summed E-state index contributed by atoms with van der Waals surface area (Å²) in [5, 5.41) is 3.91. The number of allylic oxidation sites excluding steroid dienone is 1. The number of amides is 1. The fourth-order valence-electron chi connectivity index (χ4n) is 3.09. The molecule has 2 aliphatic heterocycles. The van der Waals surface area contributed by atoms with Gasteiger partial charge in [-0.25, -0.2) is 9.40 Å². The van der Waals surface area contributed by atoms with Crippen molar-refractivity contribution in [2.24, 2.45) is 5.92 Å². The highest BCUT2D eigenvalue weighted by molar-refractivity contribution is 5.81. The van der Waals surface area contributed by atoms with Crippen LogP contribution in [0, 0.1) is 11.7 Å². The third kappa shape index (κ3) is 2.06. The van der Waals surface area contributed by atoms with E-state index in [0.29, 0.717) is 6.42 Å². The molecule has 0 aromatic heterocycles. The zero-order valence-corrected chi connectivity index (χ0v) is 10.8. The van der Waals surface area contributed by atoms with Gasteiger partial charge in [-0.05, 0) is 30.5 Å². The van der Waals surface area contributed by atoms with Crippen LogP contribution in [-0.2, 0) is 4.79 Å². The molecule has 1 amide bonds. The highest BCUT2D eigenvalue weighted by Crippen LogP contribution is 2.38. The Balaban J connectivity index is 1.86. The summed E-state index contributed by atoms with van der Waals surface area (Å²) in [6, 6.07) is 6.55. The Bertz CT molecular complexity index is 517. The summed E-state index contributed by atoms with van der Waals surface area (Å²) >= 11 is 0. The number of fused-ring (bicyclic) bond motifs is 1. The molecule has 0 saturated carbocycles. The van der Waals surface area contributed by atoms with E-state index in [1.165, 1.54) is 12.1 Å². The Labute approximate surface area is 112 Å². The van der Waals surface area contributed by atoms with Crippen LogP contribution in [-0.4, -0.2) is 29.0 Å². The lowest BCUT2D eigenvalue weighted by atomic mass is 10.0. The molecule has 3 rings (SSSR count). The van der Waals surface area contributed by atoms with Crippen molar-refractivity contribution in [3.63, 3.8) is 0 Å². The molecule has 3 nitrogen and oxygen atoms in total. The number of halogens is 1.